The molecule has 0 radical (unpaired) electrons. The van der Waals surface area contributed by atoms with Crippen LogP contribution in [0.1, 0.15) is 24.0 Å². The van der Waals surface area contributed by atoms with Crippen molar-refractivity contribution in [1.82, 2.24) is 5.32 Å². The van der Waals surface area contributed by atoms with Gasteiger partial charge in [-0.2, -0.15) is 5.26 Å². The van der Waals surface area contributed by atoms with E-state index in [2.05, 4.69) is 11.4 Å². The van der Waals surface area contributed by atoms with Gasteiger partial charge in [0.1, 0.15) is 0 Å². The predicted molar refractivity (Wildman–Crippen MR) is 108 cm³/mol. The second-order valence-corrected chi connectivity index (χ2v) is 6.72. The molecule has 1 aliphatic rings. The largest absolute Gasteiger partial charge is 0.463 e. The Morgan fingerprint density at radius 2 is 1.78 bits per heavy atom. The first kappa shape index (κ1) is 18.8. The van der Waals surface area contributed by atoms with Crippen molar-refractivity contribution in [3.63, 3.8) is 0 Å². The number of hydrogen-bond acceptors (Lipinski definition) is 5. The Morgan fingerprint density at radius 3 is 2.33 bits per heavy atom. The van der Waals surface area contributed by atoms with Crippen molar-refractivity contribution < 1.29 is 9.53 Å². The molecule has 0 fully saturated rings. The van der Waals surface area contributed by atoms with E-state index in [0.29, 0.717) is 16.8 Å². The monoisotopic (exact) mass is 376 g/mol. The third-order valence-electron chi connectivity index (χ3n) is 4.35. The summed E-state index contributed by atoms with van der Waals surface area (Å²) < 4.78 is 5.37. The Balaban J connectivity index is 2.29. The summed E-state index contributed by atoms with van der Waals surface area (Å²) in [5.74, 6) is -0.889. The number of hydrogen-bond donors (Lipinski definition) is 1. The van der Waals surface area contributed by atoms with Crippen LogP contribution in [0.15, 0.2) is 76.8 Å². The van der Waals surface area contributed by atoms with Crippen LogP contribution in [0.5, 0.6) is 0 Å². The summed E-state index contributed by atoms with van der Waals surface area (Å²) in [4.78, 5) is 13.0. The molecule has 0 saturated heterocycles. The zero-order valence-corrected chi connectivity index (χ0v) is 16.0. The van der Waals surface area contributed by atoms with Crippen LogP contribution in [0.3, 0.4) is 0 Å². The van der Waals surface area contributed by atoms with Gasteiger partial charge in [0.25, 0.3) is 0 Å². The number of nitrogens with one attached hydrogen (secondary N) is 1. The molecule has 5 heteroatoms. The first-order valence-corrected chi connectivity index (χ1v) is 9.90. The van der Waals surface area contributed by atoms with Crippen LogP contribution in [0, 0.1) is 11.3 Å². The van der Waals surface area contributed by atoms with Gasteiger partial charge in [-0.15, -0.1) is 11.8 Å². The molecule has 136 valence electrons. The first-order chi connectivity index (χ1) is 13.2. The van der Waals surface area contributed by atoms with E-state index < -0.39 is 11.9 Å². The summed E-state index contributed by atoms with van der Waals surface area (Å²) in [5, 5.41) is 13.9. The van der Waals surface area contributed by atoms with Crippen LogP contribution >= 0.6 is 11.8 Å². The third-order valence-corrected chi connectivity index (χ3v) is 5.08. The number of esters is 1. The van der Waals surface area contributed by atoms with Gasteiger partial charge in [-0.1, -0.05) is 60.7 Å². The lowest BCUT2D eigenvalue weighted by Crippen LogP contribution is -2.29. The van der Waals surface area contributed by atoms with E-state index in [4.69, 9.17) is 4.74 Å². The molecule has 0 amide bonds. The van der Waals surface area contributed by atoms with Crippen molar-refractivity contribution in [2.75, 3.05) is 12.9 Å². The summed E-state index contributed by atoms with van der Waals surface area (Å²) >= 11 is 1.46. The Labute approximate surface area is 163 Å². The summed E-state index contributed by atoms with van der Waals surface area (Å²) in [6.45, 7) is 2.05. The fourth-order valence-electron chi connectivity index (χ4n) is 3.18. The van der Waals surface area contributed by atoms with Crippen molar-refractivity contribution in [1.29, 1.82) is 5.26 Å². The molecule has 0 spiro atoms. The molecule has 0 bridgehead atoms. The molecule has 4 nitrogen and oxygen atoms in total. The van der Waals surface area contributed by atoms with Crippen LogP contribution in [0.4, 0.5) is 0 Å². The minimum atomic E-state index is -0.478. The van der Waals surface area contributed by atoms with Crippen LogP contribution in [0.2, 0.25) is 0 Å². The molecule has 0 aliphatic carbocycles. The molecular weight excluding hydrogens is 356 g/mol. The Morgan fingerprint density at radius 1 is 1.15 bits per heavy atom. The van der Waals surface area contributed by atoms with Gasteiger partial charge in [-0.05, 0) is 24.3 Å². The maximum atomic E-state index is 13.0. The van der Waals surface area contributed by atoms with Crippen LogP contribution in [0.25, 0.3) is 5.70 Å². The lowest BCUT2D eigenvalue weighted by molar-refractivity contribution is -0.138. The van der Waals surface area contributed by atoms with Crippen LogP contribution in [-0.4, -0.2) is 18.8 Å². The molecule has 3 rings (SSSR count). The van der Waals surface area contributed by atoms with E-state index in [0.717, 1.165) is 16.2 Å². The number of dihydropyridines is 1. The average molecular weight is 376 g/mol. The van der Waals surface area contributed by atoms with Crippen molar-refractivity contribution in [3.05, 3.63) is 88.0 Å². The van der Waals surface area contributed by atoms with E-state index in [9.17, 15) is 10.1 Å². The van der Waals surface area contributed by atoms with Gasteiger partial charge in [0, 0.05) is 0 Å². The minimum absolute atomic E-state index is 0.271. The molecule has 1 atom stereocenters. The number of allylic oxidation sites excluding steroid dienone is 1. The molecule has 1 N–H and O–H groups in total. The molecule has 1 unspecified atom stereocenters. The van der Waals surface area contributed by atoms with E-state index >= 15 is 0 Å². The number of carbonyl (C=O) groups excluding carboxylic acids is 1. The van der Waals surface area contributed by atoms with Crippen molar-refractivity contribution in [2.24, 2.45) is 0 Å². The van der Waals surface area contributed by atoms with Crippen molar-refractivity contribution in [2.45, 2.75) is 12.8 Å². The van der Waals surface area contributed by atoms with Crippen molar-refractivity contribution >= 4 is 23.4 Å². The highest BCUT2D eigenvalue weighted by Crippen LogP contribution is 2.42. The molecule has 1 aliphatic heterocycles. The molecule has 2 aromatic rings. The van der Waals surface area contributed by atoms with E-state index in [1.807, 2.05) is 66.9 Å². The number of carbonyl (C=O) groups is 1. The van der Waals surface area contributed by atoms with Crippen LogP contribution in [-0.2, 0) is 9.53 Å². The van der Waals surface area contributed by atoms with Gasteiger partial charge in [0.05, 0.1) is 40.5 Å². The number of ether oxygens (including phenoxy) is 1. The summed E-state index contributed by atoms with van der Waals surface area (Å²) in [5.41, 5.74) is 3.44. The van der Waals surface area contributed by atoms with Crippen LogP contribution < -0.4 is 5.32 Å². The normalized spacial score (nSPS) is 16.6. The number of rotatable bonds is 5. The van der Waals surface area contributed by atoms with Gasteiger partial charge >= 0.3 is 5.97 Å². The van der Waals surface area contributed by atoms with Gasteiger partial charge < -0.3 is 10.1 Å². The summed E-state index contributed by atoms with van der Waals surface area (Å²) in [7, 11) is 0. The molecule has 1 heterocycles. The van der Waals surface area contributed by atoms with E-state index in [1.165, 1.54) is 11.8 Å². The number of nitrogens with zero attached hydrogens (tertiary/aromatic N) is 1. The Bertz CT molecular complexity index is 928. The molecule has 27 heavy (non-hydrogen) atoms. The lowest BCUT2D eigenvalue weighted by Gasteiger charge is -2.30. The van der Waals surface area contributed by atoms with Crippen molar-refractivity contribution in [3.8, 4) is 6.07 Å². The smallest absolute Gasteiger partial charge is 0.337 e. The van der Waals surface area contributed by atoms with E-state index in [1.54, 1.807) is 6.92 Å². The second-order valence-electron chi connectivity index (χ2n) is 5.90. The maximum absolute atomic E-state index is 13.0. The quantitative estimate of drug-likeness (QED) is 0.782. The predicted octanol–water partition coefficient (Wildman–Crippen LogP) is 4.45. The van der Waals surface area contributed by atoms with Gasteiger partial charge in [-0.25, -0.2) is 4.79 Å². The fraction of sp³-hybridized carbons (Fsp3) is 0.182. The minimum Gasteiger partial charge on any atom is -0.463 e. The SMILES string of the molecule is CCOC(=O)C1=C(c2ccccc2)NC(SC)=C(C#N)C1c1ccccc1. The van der Waals surface area contributed by atoms with Gasteiger partial charge in [0.2, 0.25) is 0 Å². The van der Waals surface area contributed by atoms with E-state index in [-0.39, 0.29) is 6.61 Å². The molecular formula is C22H20N2O2S. The summed E-state index contributed by atoms with van der Waals surface area (Å²) in [6.07, 6.45) is 1.92. The third kappa shape index (κ3) is 3.76. The second kappa shape index (κ2) is 8.61. The molecule has 2 aromatic carbocycles. The fourth-order valence-corrected chi connectivity index (χ4v) is 3.77. The maximum Gasteiger partial charge on any atom is 0.337 e. The summed E-state index contributed by atoms with van der Waals surface area (Å²) in [6, 6.07) is 21.6. The zero-order chi connectivity index (χ0) is 19.2. The van der Waals surface area contributed by atoms with Gasteiger partial charge in [-0.3, -0.25) is 0 Å². The zero-order valence-electron chi connectivity index (χ0n) is 15.2. The first-order valence-electron chi connectivity index (χ1n) is 8.68. The molecule has 0 saturated carbocycles. The average Bonchev–Trinajstić information content (AvgIpc) is 2.73. The molecule has 0 aromatic heterocycles. The highest BCUT2D eigenvalue weighted by molar-refractivity contribution is 8.02. The standard InChI is InChI=1S/C22H20N2O2S/c1-3-26-22(25)19-18(15-10-6-4-7-11-15)17(14-23)21(27-2)24-20(19)16-12-8-5-9-13-16/h4-13,18,24H,3H2,1-2H3. The van der Waals surface area contributed by atoms with Gasteiger partial charge in [0.15, 0.2) is 0 Å². The number of thioether (sulfide) groups is 1. The Kier molecular flexibility index (Phi) is 6.00. The Hall–Kier alpha value is -2.97. The highest BCUT2D eigenvalue weighted by atomic mass is 32.2. The number of nitriles is 1. The highest BCUT2D eigenvalue weighted by Gasteiger charge is 2.36. The topological polar surface area (TPSA) is 62.1 Å². The lowest BCUT2D eigenvalue weighted by atomic mass is 9.81. The number of benzene rings is 2.